The average Bonchev–Trinajstić information content (AvgIpc) is 2.55. The van der Waals surface area contributed by atoms with Crippen molar-refractivity contribution in [3.63, 3.8) is 0 Å². The lowest BCUT2D eigenvalue weighted by atomic mass is 10.2. The third-order valence-electron chi connectivity index (χ3n) is 2.98. The van der Waals surface area contributed by atoms with E-state index in [-0.39, 0.29) is 12.5 Å². The van der Waals surface area contributed by atoms with Gasteiger partial charge in [0.15, 0.2) is 6.61 Å². The molecule has 0 atom stereocenters. The maximum absolute atomic E-state index is 11.6. The Morgan fingerprint density at radius 2 is 1.96 bits per heavy atom. The van der Waals surface area contributed by atoms with Crippen LogP contribution < -0.4 is 10.2 Å². The highest BCUT2D eigenvalue weighted by Gasteiger charge is 2.02. The number of aryl methyl sites for hydroxylation is 1. The van der Waals surface area contributed by atoms with Gasteiger partial charge in [-0.15, -0.1) is 0 Å². The van der Waals surface area contributed by atoms with E-state index in [2.05, 4.69) is 10.5 Å². The smallest absolute Gasteiger partial charge is 0.277 e. The second kappa shape index (κ2) is 8.76. The van der Waals surface area contributed by atoms with Crippen molar-refractivity contribution < 1.29 is 9.53 Å². The van der Waals surface area contributed by atoms with Crippen LogP contribution in [0.2, 0.25) is 5.02 Å². The fourth-order valence-corrected chi connectivity index (χ4v) is 2.00. The molecule has 118 valence electrons. The molecule has 0 aromatic heterocycles. The number of hydrogen-bond donors (Lipinski definition) is 1. The Bertz CT molecular complexity index is 726. The number of amides is 1. The van der Waals surface area contributed by atoms with Gasteiger partial charge in [0.25, 0.3) is 5.91 Å². The van der Waals surface area contributed by atoms with Crippen LogP contribution in [-0.4, -0.2) is 18.7 Å². The van der Waals surface area contributed by atoms with Crippen LogP contribution in [0.25, 0.3) is 6.08 Å². The second-order valence-electron chi connectivity index (χ2n) is 4.75. The Morgan fingerprint density at radius 1 is 1.22 bits per heavy atom. The zero-order valence-corrected chi connectivity index (χ0v) is 13.5. The molecular weight excluding hydrogens is 312 g/mol. The van der Waals surface area contributed by atoms with Crippen LogP contribution in [-0.2, 0) is 4.79 Å². The lowest BCUT2D eigenvalue weighted by Gasteiger charge is -2.07. The highest BCUT2D eigenvalue weighted by atomic mass is 35.5. The van der Waals surface area contributed by atoms with Gasteiger partial charge in [0.05, 0.1) is 0 Å². The molecule has 2 rings (SSSR count). The molecule has 1 N–H and O–H groups in total. The molecule has 2 aromatic carbocycles. The van der Waals surface area contributed by atoms with Crippen LogP contribution in [0.5, 0.6) is 5.75 Å². The minimum Gasteiger partial charge on any atom is -0.483 e. The first-order chi connectivity index (χ1) is 11.2. The third-order valence-corrected chi connectivity index (χ3v) is 3.33. The van der Waals surface area contributed by atoms with Crippen LogP contribution in [0.1, 0.15) is 11.1 Å². The van der Waals surface area contributed by atoms with Crippen molar-refractivity contribution in [1.82, 2.24) is 5.43 Å². The zero-order chi connectivity index (χ0) is 16.5. The number of allylic oxidation sites excluding steroid dienone is 1. The number of hydrogen-bond acceptors (Lipinski definition) is 3. The molecule has 0 radical (unpaired) electrons. The van der Waals surface area contributed by atoms with Crippen LogP contribution in [0, 0.1) is 6.92 Å². The first-order valence-electron chi connectivity index (χ1n) is 7.08. The van der Waals surface area contributed by atoms with Gasteiger partial charge in [-0.3, -0.25) is 4.79 Å². The van der Waals surface area contributed by atoms with E-state index < -0.39 is 0 Å². The maximum atomic E-state index is 11.6. The fourth-order valence-electron chi connectivity index (χ4n) is 1.80. The number of carbonyl (C=O) groups is 1. The highest BCUT2D eigenvalue weighted by Crippen LogP contribution is 2.16. The average molecular weight is 329 g/mol. The molecule has 0 bridgehead atoms. The molecule has 2 aromatic rings. The van der Waals surface area contributed by atoms with Gasteiger partial charge in [-0.1, -0.05) is 54.1 Å². The number of benzene rings is 2. The molecule has 0 heterocycles. The Hall–Kier alpha value is -2.59. The largest absolute Gasteiger partial charge is 0.483 e. The number of halogens is 1. The molecule has 23 heavy (non-hydrogen) atoms. The molecule has 0 aliphatic carbocycles. The summed E-state index contributed by atoms with van der Waals surface area (Å²) in [7, 11) is 0. The van der Waals surface area contributed by atoms with Crippen molar-refractivity contribution in [2.45, 2.75) is 6.92 Å². The molecule has 0 spiro atoms. The lowest BCUT2D eigenvalue weighted by molar-refractivity contribution is -0.123. The van der Waals surface area contributed by atoms with Crippen molar-refractivity contribution in [1.29, 1.82) is 0 Å². The van der Waals surface area contributed by atoms with Gasteiger partial charge in [0.1, 0.15) is 5.75 Å². The summed E-state index contributed by atoms with van der Waals surface area (Å²) in [6, 6.07) is 15.0. The zero-order valence-electron chi connectivity index (χ0n) is 12.7. The van der Waals surface area contributed by atoms with Crippen molar-refractivity contribution in [2.75, 3.05) is 6.61 Å². The number of nitrogens with one attached hydrogen (secondary N) is 1. The topological polar surface area (TPSA) is 50.7 Å². The molecule has 0 saturated carbocycles. The van der Waals surface area contributed by atoms with Crippen LogP contribution in [0.15, 0.2) is 59.7 Å². The number of hydrazone groups is 1. The predicted molar refractivity (Wildman–Crippen MR) is 93.8 cm³/mol. The second-order valence-corrected chi connectivity index (χ2v) is 5.16. The molecule has 0 fully saturated rings. The van der Waals surface area contributed by atoms with Crippen LogP contribution >= 0.6 is 11.6 Å². The van der Waals surface area contributed by atoms with Crippen molar-refractivity contribution >= 4 is 29.8 Å². The molecule has 1 amide bonds. The van der Waals surface area contributed by atoms with Crippen LogP contribution in [0.4, 0.5) is 0 Å². The minimum atomic E-state index is -0.323. The normalized spacial score (nSPS) is 11.0. The van der Waals surface area contributed by atoms with Gasteiger partial charge in [-0.05, 0) is 36.3 Å². The van der Waals surface area contributed by atoms with E-state index in [1.165, 1.54) is 6.21 Å². The van der Waals surface area contributed by atoms with Crippen LogP contribution in [0.3, 0.4) is 0 Å². The first-order valence-corrected chi connectivity index (χ1v) is 7.46. The van der Waals surface area contributed by atoms with Gasteiger partial charge >= 0.3 is 0 Å². The number of nitrogens with zero attached hydrogens (tertiary/aromatic N) is 1. The van der Waals surface area contributed by atoms with E-state index >= 15 is 0 Å². The summed E-state index contributed by atoms with van der Waals surface area (Å²) in [6.07, 6.45) is 4.99. The van der Waals surface area contributed by atoms with Gasteiger partial charge in [-0.2, -0.15) is 5.10 Å². The SMILES string of the molecule is Cc1ccccc1OCC(=O)N/N=C\C=C\c1ccccc1Cl. The molecule has 4 nitrogen and oxygen atoms in total. The molecule has 0 aliphatic heterocycles. The summed E-state index contributed by atoms with van der Waals surface area (Å²) in [4.78, 5) is 11.6. The monoisotopic (exact) mass is 328 g/mol. The lowest BCUT2D eigenvalue weighted by Crippen LogP contribution is -2.24. The van der Waals surface area contributed by atoms with E-state index in [1.54, 1.807) is 6.08 Å². The molecule has 5 heteroatoms. The van der Waals surface area contributed by atoms with Gasteiger partial charge < -0.3 is 4.74 Å². The third kappa shape index (κ3) is 5.60. The quantitative estimate of drug-likeness (QED) is 0.647. The van der Waals surface area contributed by atoms with Gasteiger partial charge in [0, 0.05) is 11.2 Å². The van der Waals surface area contributed by atoms with Gasteiger partial charge in [0.2, 0.25) is 0 Å². The Labute approximate surface area is 140 Å². The first kappa shape index (κ1) is 16.8. The molecule has 0 aliphatic rings. The summed E-state index contributed by atoms with van der Waals surface area (Å²) in [5.74, 6) is 0.362. The number of carbonyl (C=O) groups excluding carboxylic acids is 1. The van der Waals surface area contributed by atoms with E-state index in [1.807, 2.05) is 61.5 Å². The molecular formula is C18H17ClN2O2. The predicted octanol–water partition coefficient (Wildman–Crippen LogP) is 3.84. The van der Waals surface area contributed by atoms with E-state index in [0.29, 0.717) is 10.8 Å². The summed E-state index contributed by atoms with van der Waals surface area (Å²) in [5.41, 5.74) is 4.26. The summed E-state index contributed by atoms with van der Waals surface area (Å²) < 4.78 is 5.42. The summed E-state index contributed by atoms with van der Waals surface area (Å²) >= 11 is 6.02. The summed E-state index contributed by atoms with van der Waals surface area (Å²) in [5, 5.41) is 4.48. The van der Waals surface area contributed by atoms with Gasteiger partial charge in [-0.25, -0.2) is 5.43 Å². The van der Waals surface area contributed by atoms with Crippen molar-refractivity contribution in [2.24, 2.45) is 5.10 Å². The van der Waals surface area contributed by atoms with E-state index in [4.69, 9.17) is 16.3 Å². The Kier molecular flexibility index (Phi) is 6.39. The maximum Gasteiger partial charge on any atom is 0.277 e. The minimum absolute atomic E-state index is 0.0869. The molecule has 0 unspecified atom stereocenters. The number of ether oxygens (including phenoxy) is 1. The number of para-hydroxylation sites is 1. The van der Waals surface area contributed by atoms with Crippen molar-refractivity contribution in [3.05, 3.63) is 70.8 Å². The van der Waals surface area contributed by atoms with E-state index in [9.17, 15) is 4.79 Å². The molecule has 0 saturated heterocycles. The Balaban J connectivity index is 1.76. The Morgan fingerprint density at radius 3 is 2.74 bits per heavy atom. The van der Waals surface area contributed by atoms with Crippen molar-refractivity contribution in [3.8, 4) is 5.75 Å². The fraction of sp³-hybridized carbons (Fsp3) is 0.111. The number of rotatable bonds is 6. The standard InChI is InChI=1S/C18H17ClN2O2/c1-14-7-2-5-11-17(14)23-13-18(22)21-20-12-6-9-15-8-3-4-10-16(15)19/h2-12H,13H2,1H3,(H,21,22)/b9-6+,20-12-. The summed E-state index contributed by atoms with van der Waals surface area (Å²) in [6.45, 7) is 1.83. The highest BCUT2D eigenvalue weighted by molar-refractivity contribution is 6.32. The van der Waals surface area contributed by atoms with E-state index in [0.717, 1.165) is 11.1 Å².